The van der Waals surface area contributed by atoms with Crippen LogP contribution in [-0.4, -0.2) is 38.0 Å². The van der Waals surface area contributed by atoms with E-state index in [1.54, 1.807) is 23.9 Å². The minimum atomic E-state index is -3.57. The van der Waals surface area contributed by atoms with Crippen molar-refractivity contribution < 1.29 is 17.9 Å². The molecule has 1 aliphatic rings. The molecule has 2 aromatic rings. The number of hydrogen-bond donors (Lipinski definition) is 0. The first-order chi connectivity index (χ1) is 13.0. The molecule has 2 aromatic carbocycles. The normalized spacial score (nSPS) is 15.4. The van der Waals surface area contributed by atoms with E-state index in [9.17, 15) is 13.2 Å². The highest BCUT2D eigenvalue weighted by molar-refractivity contribution is 7.98. The first-order valence-electron chi connectivity index (χ1n) is 8.91. The van der Waals surface area contributed by atoms with E-state index in [4.69, 9.17) is 4.74 Å². The molecule has 0 N–H and O–H groups in total. The number of thioether (sulfide) groups is 1. The van der Waals surface area contributed by atoms with Crippen molar-refractivity contribution in [3.8, 4) is 0 Å². The van der Waals surface area contributed by atoms with Gasteiger partial charge < -0.3 is 4.74 Å². The van der Waals surface area contributed by atoms with Crippen LogP contribution in [0.5, 0.6) is 0 Å². The highest BCUT2D eigenvalue weighted by atomic mass is 32.2. The number of nitrogens with zero attached hydrogens (tertiary/aromatic N) is 1. The SMILES string of the molecule is CSc1ccc(COC(=O)c2cccc(S(=O)(=O)N3CCCCC3)c2)cc1. The predicted molar refractivity (Wildman–Crippen MR) is 106 cm³/mol. The molecule has 0 bridgehead atoms. The molecule has 0 radical (unpaired) electrons. The molecule has 0 saturated carbocycles. The van der Waals surface area contributed by atoms with Crippen LogP contribution >= 0.6 is 11.8 Å². The maximum absolute atomic E-state index is 12.8. The van der Waals surface area contributed by atoms with Crippen LogP contribution in [0.15, 0.2) is 58.3 Å². The molecule has 3 rings (SSSR count). The lowest BCUT2D eigenvalue weighted by Crippen LogP contribution is -2.35. The van der Waals surface area contributed by atoms with E-state index in [1.807, 2.05) is 30.5 Å². The molecule has 0 amide bonds. The van der Waals surface area contributed by atoms with Crippen LogP contribution in [0.2, 0.25) is 0 Å². The number of esters is 1. The third-order valence-corrected chi connectivity index (χ3v) is 7.19. The van der Waals surface area contributed by atoms with E-state index < -0.39 is 16.0 Å². The number of hydrogen-bond acceptors (Lipinski definition) is 5. The van der Waals surface area contributed by atoms with Crippen molar-refractivity contribution in [3.63, 3.8) is 0 Å². The van der Waals surface area contributed by atoms with Crippen molar-refractivity contribution in [2.75, 3.05) is 19.3 Å². The first kappa shape index (κ1) is 19.9. The van der Waals surface area contributed by atoms with Gasteiger partial charge in [0, 0.05) is 18.0 Å². The van der Waals surface area contributed by atoms with E-state index in [2.05, 4.69) is 0 Å². The van der Waals surface area contributed by atoms with Crippen LogP contribution in [0.1, 0.15) is 35.2 Å². The van der Waals surface area contributed by atoms with Crippen LogP contribution in [0.4, 0.5) is 0 Å². The molecule has 0 aliphatic carbocycles. The summed E-state index contributed by atoms with van der Waals surface area (Å²) in [5, 5.41) is 0. The van der Waals surface area contributed by atoms with E-state index in [-0.39, 0.29) is 17.1 Å². The molecule has 1 heterocycles. The Kier molecular flexibility index (Phi) is 6.57. The van der Waals surface area contributed by atoms with E-state index in [0.29, 0.717) is 13.1 Å². The van der Waals surface area contributed by atoms with Gasteiger partial charge in [-0.3, -0.25) is 0 Å². The number of ether oxygens (including phenoxy) is 1. The van der Waals surface area contributed by atoms with Gasteiger partial charge >= 0.3 is 5.97 Å². The molecule has 0 aromatic heterocycles. The van der Waals surface area contributed by atoms with Gasteiger partial charge in [0.25, 0.3) is 0 Å². The number of sulfonamides is 1. The zero-order chi connectivity index (χ0) is 19.3. The van der Waals surface area contributed by atoms with Crippen LogP contribution < -0.4 is 0 Å². The maximum Gasteiger partial charge on any atom is 0.338 e. The van der Waals surface area contributed by atoms with Crippen molar-refractivity contribution in [1.29, 1.82) is 0 Å². The zero-order valence-corrected chi connectivity index (χ0v) is 16.9. The van der Waals surface area contributed by atoms with Gasteiger partial charge in [-0.2, -0.15) is 4.31 Å². The largest absolute Gasteiger partial charge is 0.457 e. The lowest BCUT2D eigenvalue weighted by Gasteiger charge is -2.25. The van der Waals surface area contributed by atoms with Crippen LogP contribution in [0, 0.1) is 0 Å². The Labute approximate surface area is 164 Å². The van der Waals surface area contributed by atoms with Gasteiger partial charge in [-0.25, -0.2) is 13.2 Å². The molecule has 7 heteroatoms. The molecule has 0 unspecified atom stereocenters. The van der Waals surface area contributed by atoms with Crippen LogP contribution in [0.3, 0.4) is 0 Å². The predicted octanol–water partition coefficient (Wildman–Crippen LogP) is 3.94. The summed E-state index contributed by atoms with van der Waals surface area (Å²) in [6.45, 7) is 1.21. The highest BCUT2D eigenvalue weighted by Crippen LogP contribution is 2.22. The van der Waals surface area contributed by atoms with Crippen molar-refractivity contribution >= 4 is 27.8 Å². The Balaban J connectivity index is 1.69. The summed E-state index contributed by atoms with van der Waals surface area (Å²) in [5.74, 6) is -0.528. The maximum atomic E-state index is 12.8. The number of benzene rings is 2. The molecule has 5 nitrogen and oxygen atoms in total. The Hall–Kier alpha value is -1.83. The van der Waals surface area contributed by atoms with E-state index >= 15 is 0 Å². The topological polar surface area (TPSA) is 63.7 Å². The van der Waals surface area contributed by atoms with Gasteiger partial charge in [0.05, 0.1) is 10.5 Å². The van der Waals surface area contributed by atoms with E-state index in [0.717, 1.165) is 29.7 Å². The van der Waals surface area contributed by atoms with Crippen molar-refractivity contribution in [1.82, 2.24) is 4.31 Å². The fourth-order valence-corrected chi connectivity index (χ4v) is 4.96. The summed E-state index contributed by atoms with van der Waals surface area (Å²) in [7, 11) is -3.57. The monoisotopic (exact) mass is 405 g/mol. The molecular weight excluding hydrogens is 382 g/mol. The molecule has 27 heavy (non-hydrogen) atoms. The summed E-state index contributed by atoms with van der Waals surface area (Å²) >= 11 is 1.65. The third-order valence-electron chi connectivity index (χ3n) is 4.55. The number of carbonyl (C=O) groups excluding carboxylic acids is 1. The van der Waals surface area contributed by atoms with Gasteiger partial charge in [0.2, 0.25) is 10.0 Å². The molecule has 1 fully saturated rings. The molecule has 1 saturated heterocycles. The summed E-state index contributed by atoms with van der Waals surface area (Å²) in [4.78, 5) is 13.6. The lowest BCUT2D eigenvalue weighted by molar-refractivity contribution is 0.0472. The Morgan fingerprint density at radius 1 is 1.07 bits per heavy atom. The fraction of sp³-hybridized carbons (Fsp3) is 0.350. The zero-order valence-electron chi connectivity index (χ0n) is 15.3. The minimum Gasteiger partial charge on any atom is -0.457 e. The van der Waals surface area contributed by atoms with Crippen molar-refractivity contribution in [2.24, 2.45) is 0 Å². The Morgan fingerprint density at radius 3 is 2.44 bits per heavy atom. The number of rotatable bonds is 6. The second-order valence-corrected chi connectivity index (χ2v) is 9.23. The molecule has 0 atom stereocenters. The van der Waals surface area contributed by atoms with Gasteiger partial charge in [-0.05, 0) is 55.0 Å². The quantitative estimate of drug-likeness (QED) is 0.538. The smallest absolute Gasteiger partial charge is 0.338 e. The fourth-order valence-electron chi connectivity index (χ4n) is 2.99. The van der Waals surface area contributed by atoms with Gasteiger partial charge in [-0.1, -0.05) is 24.6 Å². The standard InChI is InChI=1S/C20H23NO4S2/c1-26-18-10-8-16(9-11-18)15-25-20(22)17-6-5-7-19(14-17)27(23,24)21-12-3-2-4-13-21/h5-11,14H,2-4,12-13,15H2,1H3. The van der Waals surface area contributed by atoms with Crippen molar-refractivity contribution in [2.45, 2.75) is 35.7 Å². The first-order valence-corrected chi connectivity index (χ1v) is 11.6. The minimum absolute atomic E-state index is 0.142. The number of piperidine rings is 1. The van der Waals surface area contributed by atoms with Crippen LogP contribution in [0.25, 0.3) is 0 Å². The second-order valence-electron chi connectivity index (χ2n) is 6.42. The summed E-state index contributed by atoms with van der Waals surface area (Å²) in [6, 6.07) is 13.9. The Morgan fingerprint density at radius 2 is 1.78 bits per heavy atom. The molecule has 1 aliphatic heterocycles. The summed E-state index contributed by atoms with van der Waals surface area (Å²) in [6.07, 6.45) is 4.79. The summed E-state index contributed by atoms with van der Waals surface area (Å²) in [5.41, 5.74) is 1.13. The molecule has 0 spiro atoms. The van der Waals surface area contributed by atoms with Gasteiger partial charge in [0.15, 0.2) is 0 Å². The lowest BCUT2D eigenvalue weighted by atomic mass is 10.2. The van der Waals surface area contributed by atoms with Crippen LogP contribution in [-0.2, 0) is 21.4 Å². The Bertz CT molecular complexity index is 888. The average molecular weight is 406 g/mol. The van der Waals surface area contributed by atoms with Crippen molar-refractivity contribution in [3.05, 3.63) is 59.7 Å². The van der Waals surface area contributed by atoms with Gasteiger partial charge in [0.1, 0.15) is 6.61 Å². The highest BCUT2D eigenvalue weighted by Gasteiger charge is 2.26. The van der Waals surface area contributed by atoms with E-state index in [1.165, 1.54) is 16.4 Å². The van der Waals surface area contributed by atoms with Gasteiger partial charge in [-0.15, -0.1) is 11.8 Å². The second kappa shape index (κ2) is 8.91. The molecular formula is C20H23NO4S2. The average Bonchev–Trinajstić information content (AvgIpc) is 2.73. The molecule has 144 valence electrons. The summed E-state index contributed by atoms with van der Waals surface area (Å²) < 4.78 is 32.4. The third kappa shape index (κ3) is 4.91. The number of carbonyl (C=O) groups is 1.